The number of carboxylic acid groups (broad SMARTS) is 1. The minimum atomic E-state index is -1.15. The second-order valence-electron chi connectivity index (χ2n) is 6.13. The van der Waals surface area contributed by atoms with Crippen LogP contribution in [0.5, 0.6) is 5.75 Å². The fourth-order valence-corrected chi connectivity index (χ4v) is 3.81. The first-order chi connectivity index (χ1) is 12.0. The second-order valence-corrected chi connectivity index (χ2v) is 6.99. The Hall–Kier alpha value is -2.41. The Morgan fingerprint density at radius 3 is 2.72 bits per heavy atom. The molecule has 0 aliphatic carbocycles. The standard InChI is InChI=1S/C18H20N2O4S/c1-3-24-13-7-5-12(6-8-13)15-19-14(11-25-15)16(21)20-10-4-9-18(20,2)17(22)23/h5-8,11H,3-4,9-10H2,1-2H3,(H,22,23). The number of aromatic nitrogens is 1. The number of benzene rings is 1. The highest BCUT2D eigenvalue weighted by molar-refractivity contribution is 7.13. The van der Waals surface area contributed by atoms with Gasteiger partial charge in [0.2, 0.25) is 0 Å². The lowest BCUT2D eigenvalue weighted by Crippen LogP contribution is -2.50. The van der Waals surface area contributed by atoms with E-state index in [-0.39, 0.29) is 5.91 Å². The predicted octanol–water partition coefficient (Wildman–Crippen LogP) is 3.29. The van der Waals surface area contributed by atoms with Gasteiger partial charge in [-0.2, -0.15) is 0 Å². The predicted molar refractivity (Wildman–Crippen MR) is 95.0 cm³/mol. The number of nitrogens with zero attached hydrogens (tertiary/aromatic N) is 2. The molecule has 1 aliphatic heterocycles. The van der Waals surface area contributed by atoms with Gasteiger partial charge in [-0.05, 0) is 51.0 Å². The molecular formula is C18H20N2O4S. The largest absolute Gasteiger partial charge is 0.494 e. The summed E-state index contributed by atoms with van der Waals surface area (Å²) in [5.41, 5.74) is 0.0400. The maximum atomic E-state index is 12.7. The molecule has 1 unspecified atom stereocenters. The van der Waals surface area contributed by atoms with Crippen molar-refractivity contribution in [2.24, 2.45) is 0 Å². The van der Waals surface area contributed by atoms with Crippen molar-refractivity contribution in [2.75, 3.05) is 13.2 Å². The molecule has 1 atom stereocenters. The van der Waals surface area contributed by atoms with E-state index < -0.39 is 11.5 Å². The molecule has 25 heavy (non-hydrogen) atoms. The number of rotatable bonds is 5. The Labute approximate surface area is 150 Å². The van der Waals surface area contributed by atoms with Crippen molar-refractivity contribution in [2.45, 2.75) is 32.2 Å². The number of ether oxygens (including phenoxy) is 1. The van der Waals surface area contributed by atoms with Gasteiger partial charge in [0.15, 0.2) is 0 Å². The molecule has 6 nitrogen and oxygen atoms in total. The Balaban J connectivity index is 1.81. The number of carbonyl (C=O) groups excluding carboxylic acids is 1. The number of carboxylic acids is 1. The van der Waals surface area contributed by atoms with Crippen LogP contribution in [0.25, 0.3) is 10.6 Å². The monoisotopic (exact) mass is 360 g/mol. The van der Waals surface area contributed by atoms with Crippen LogP contribution in [0.4, 0.5) is 0 Å². The molecule has 1 aromatic carbocycles. The molecule has 1 fully saturated rings. The lowest BCUT2D eigenvalue weighted by Gasteiger charge is -2.30. The molecule has 1 aromatic heterocycles. The Morgan fingerprint density at radius 2 is 2.08 bits per heavy atom. The lowest BCUT2D eigenvalue weighted by atomic mass is 9.99. The summed E-state index contributed by atoms with van der Waals surface area (Å²) < 4.78 is 5.42. The van der Waals surface area contributed by atoms with Gasteiger partial charge in [-0.1, -0.05) is 0 Å². The van der Waals surface area contributed by atoms with Crippen LogP contribution in [0, 0.1) is 0 Å². The summed E-state index contributed by atoms with van der Waals surface area (Å²) in [6.45, 7) is 4.57. The normalized spacial score (nSPS) is 19.8. The summed E-state index contributed by atoms with van der Waals surface area (Å²) in [6, 6.07) is 7.53. The van der Waals surface area contributed by atoms with E-state index in [0.29, 0.717) is 31.7 Å². The van der Waals surface area contributed by atoms with Gasteiger partial charge >= 0.3 is 5.97 Å². The molecule has 3 rings (SSSR count). The first kappa shape index (κ1) is 17.4. The summed E-state index contributed by atoms with van der Waals surface area (Å²) in [5.74, 6) is -0.510. The van der Waals surface area contributed by atoms with Crippen LogP contribution >= 0.6 is 11.3 Å². The average Bonchev–Trinajstić information content (AvgIpc) is 3.23. The van der Waals surface area contributed by atoms with Gasteiger partial charge in [-0.3, -0.25) is 4.79 Å². The highest BCUT2D eigenvalue weighted by Gasteiger charge is 2.46. The zero-order chi connectivity index (χ0) is 18.0. The van der Waals surface area contributed by atoms with Crippen molar-refractivity contribution in [3.05, 3.63) is 35.3 Å². The molecule has 1 aliphatic rings. The molecule has 0 spiro atoms. The first-order valence-corrected chi connectivity index (χ1v) is 9.08. The molecular weight excluding hydrogens is 340 g/mol. The molecule has 2 heterocycles. The van der Waals surface area contributed by atoms with Crippen LogP contribution in [0.2, 0.25) is 0 Å². The molecule has 2 aromatic rings. The summed E-state index contributed by atoms with van der Waals surface area (Å²) in [4.78, 5) is 30.1. The van der Waals surface area contributed by atoms with E-state index in [1.807, 2.05) is 31.2 Å². The number of thiazole rings is 1. The molecule has 0 radical (unpaired) electrons. The minimum absolute atomic E-state index is 0.295. The molecule has 1 saturated heterocycles. The van der Waals surface area contributed by atoms with Gasteiger partial charge in [0, 0.05) is 17.5 Å². The fraction of sp³-hybridized carbons (Fsp3) is 0.389. The van der Waals surface area contributed by atoms with Crippen molar-refractivity contribution in [1.29, 1.82) is 0 Å². The van der Waals surface area contributed by atoms with Crippen LogP contribution in [0.1, 0.15) is 37.2 Å². The van der Waals surface area contributed by atoms with E-state index >= 15 is 0 Å². The van der Waals surface area contributed by atoms with Crippen LogP contribution in [-0.4, -0.2) is 45.6 Å². The fourth-order valence-electron chi connectivity index (χ4n) is 3.01. The maximum Gasteiger partial charge on any atom is 0.329 e. The van der Waals surface area contributed by atoms with Crippen LogP contribution in [0.15, 0.2) is 29.6 Å². The van der Waals surface area contributed by atoms with Gasteiger partial charge < -0.3 is 14.7 Å². The third kappa shape index (κ3) is 3.24. The van der Waals surface area contributed by atoms with Gasteiger partial charge in [0.25, 0.3) is 5.91 Å². The quantitative estimate of drug-likeness (QED) is 0.885. The number of carbonyl (C=O) groups is 2. The Morgan fingerprint density at radius 1 is 1.36 bits per heavy atom. The van der Waals surface area contributed by atoms with Crippen LogP contribution < -0.4 is 4.74 Å². The molecule has 0 bridgehead atoms. The van der Waals surface area contributed by atoms with E-state index in [1.165, 1.54) is 16.2 Å². The second kappa shape index (κ2) is 6.84. The molecule has 1 amide bonds. The van der Waals surface area contributed by atoms with Crippen molar-refractivity contribution in [1.82, 2.24) is 9.88 Å². The average molecular weight is 360 g/mol. The Bertz CT molecular complexity index is 787. The summed E-state index contributed by atoms with van der Waals surface area (Å²) in [5, 5.41) is 11.9. The van der Waals surface area contributed by atoms with E-state index in [2.05, 4.69) is 4.98 Å². The third-order valence-corrected chi connectivity index (χ3v) is 5.37. The van der Waals surface area contributed by atoms with Crippen LogP contribution in [0.3, 0.4) is 0 Å². The summed E-state index contributed by atoms with van der Waals surface area (Å²) >= 11 is 1.37. The van der Waals surface area contributed by atoms with E-state index in [4.69, 9.17) is 4.74 Å². The lowest BCUT2D eigenvalue weighted by molar-refractivity contribution is -0.147. The maximum absolute atomic E-state index is 12.7. The molecule has 132 valence electrons. The van der Waals surface area contributed by atoms with Gasteiger partial charge in [-0.25, -0.2) is 9.78 Å². The highest BCUT2D eigenvalue weighted by Crippen LogP contribution is 2.32. The number of aliphatic carboxylic acids is 1. The first-order valence-electron chi connectivity index (χ1n) is 8.20. The summed E-state index contributed by atoms with van der Waals surface area (Å²) in [7, 11) is 0. The van der Waals surface area contributed by atoms with Gasteiger partial charge in [0.1, 0.15) is 22.0 Å². The van der Waals surface area contributed by atoms with Crippen molar-refractivity contribution in [3.8, 4) is 16.3 Å². The van der Waals surface area contributed by atoms with Crippen LogP contribution in [-0.2, 0) is 4.79 Å². The smallest absolute Gasteiger partial charge is 0.329 e. The van der Waals surface area contributed by atoms with Gasteiger partial charge in [0.05, 0.1) is 6.61 Å². The van der Waals surface area contributed by atoms with Crippen molar-refractivity contribution in [3.63, 3.8) is 0 Å². The highest BCUT2D eigenvalue weighted by atomic mass is 32.1. The summed E-state index contributed by atoms with van der Waals surface area (Å²) in [6.07, 6.45) is 1.15. The third-order valence-electron chi connectivity index (χ3n) is 4.48. The van der Waals surface area contributed by atoms with E-state index in [9.17, 15) is 14.7 Å². The molecule has 1 N–H and O–H groups in total. The van der Waals surface area contributed by atoms with Crippen molar-refractivity contribution >= 4 is 23.2 Å². The number of hydrogen-bond acceptors (Lipinski definition) is 5. The SMILES string of the molecule is CCOc1ccc(-c2nc(C(=O)N3CCCC3(C)C(=O)O)cs2)cc1. The minimum Gasteiger partial charge on any atom is -0.494 e. The van der Waals surface area contributed by atoms with E-state index in [1.54, 1.807) is 12.3 Å². The van der Waals surface area contributed by atoms with Crippen molar-refractivity contribution < 1.29 is 19.4 Å². The molecule has 0 saturated carbocycles. The number of likely N-dealkylation sites (tertiary alicyclic amines) is 1. The van der Waals surface area contributed by atoms with E-state index in [0.717, 1.165) is 16.3 Å². The molecule has 7 heteroatoms. The Kier molecular flexibility index (Phi) is 4.76. The zero-order valence-corrected chi connectivity index (χ0v) is 15.0. The zero-order valence-electron chi connectivity index (χ0n) is 14.2. The van der Waals surface area contributed by atoms with Gasteiger partial charge in [-0.15, -0.1) is 11.3 Å². The topological polar surface area (TPSA) is 79.7 Å². The number of amides is 1. The number of hydrogen-bond donors (Lipinski definition) is 1.